The summed E-state index contributed by atoms with van der Waals surface area (Å²) in [5.74, 6) is 1.30. The van der Waals surface area contributed by atoms with Gasteiger partial charge in [0.15, 0.2) is 6.29 Å². The minimum atomic E-state index is 0.149. The summed E-state index contributed by atoms with van der Waals surface area (Å²) in [5, 5.41) is 3.17. The van der Waals surface area contributed by atoms with Crippen LogP contribution in [0.5, 0.6) is 0 Å². The zero-order valence-electron chi connectivity index (χ0n) is 8.89. The first kappa shape index (κ1) is 11.6. The fraction of sp³-hybridized carbons (Fsp3) is 0.182. The molecule has 0 saturated heterocycles. The second-order valence-corrected chi connectivity index (χ2v) is 3.66. The molecule has 0 aromatic carbocycles. The minimum absolute atomic E-state index is 0.149. The molecule has 17 heavy (non-hydrogen) atoms. The average Bonchev–Trinajstić information content (AvgIpc) is 2.82. The number of aldehydes is 1. The van der Waals surface area contributed by atoms with Gasteiger partial charge in [0, 0.05) is 13.0 Å². The van der Waals surface area contributed by atoms with E-state index < -0.39 is 0 Å². The number of halogens is 1. The summed E-state index contributed by atoms with van der Waals surface area (Å²) in [4.78, 5) is 18.5. The van der Waals surface area contributed by atoms with Crippen LogP contribution < -0.4 is 5.32 Å². The van der Waals surface area contributed by atoms with Crippen molar-refractivity contribution in [3.63, 3.8) is 0 Å². The highest BCUT2D eigenvalue weighted by Gasteiger charge is 2.08. The Morgan fingerprint density at radius 3 is 3.06 bits per heavy atom. The Morgan fingerprint density at radius 2 is 2.35 bits per heavy atom. The van der Waals surface area contributed by atoms with Gasteiger partial charge in [0.2, 0.25) is 0 Å². The first-order chi connectivity index (χ1) is 8.31. The third-order valence-corrected chi connectivity index (χ3v) is 2.50. The van der Waals surface area contributed by atoms with Gasteiger partial charge in [-0.2, -0.15) is 0 Å². The monoisotopic (exact) mass is 251 g/mol. The Morgan fingerprint density at radius 1 is 1.47 bits per heavy atom. The number of hydrogen-bond donors (Lipinski definition) is 1. The van der Waals surface area contributed by atoms with E-state index in [1.807, 2.05) is 12.1 Å². The van der Waals surface area contributed by atoms with Gasteiger partial charge in [0.1, 0.15) is 23.1 Å². The molecule has 0 spiro atoms. The zero-order chi connectivity index (χ0) is 12.1. The maximum Gasteiger partial charge on any atom is 0.156 e. The number of anilines is 1. The highest BCUT2D eigenvalue weighted by Crippen LogP contribution is 2.17. The summed E-state index contributed by atoms with van der Waals surface area (Å²) >= 11 is 5.77. The average molecular weight is 252 g/mol. The number of carbonyl (C=O) groups is 1. The van der Waals surface area contributed by atoms with E-state index in [0.29, 0.717) is 25.1 Å². The van der Waals surface area contributed by atoms with Gasteiger partial charge < -0.3 is 9.73 Å². The summed E-state index contributed by atoms with van der Waals surface area (Å²) in [6.07, 6.45) is 4.27. The van der Waals surface area contributed by atoms with E-state index >= 15 is 0 Å². The van der Waals surface area contributed by atoms with E-state index in [9.17, 15) is 4.79 Å². The minimum Gasteiger partial charge on any atom is -0.469 e. The topological polar surface area (TPSA) is 68.0 Å². The molecule has 0 atom stereocenters. The van der Waals surface area contributed by atoms with Crippen molar-refractivity contribution < 1.29 is 9.21 Å². The third kappa shape index (κ3) is 2.82. The van der Waals surface area contributed by atoms with Crippen LogP contribution in [-0.4, -0.2) is 22.8 Å². The van der Waals surface area contributed by atoms with Gasteiger partial charge in [-0.1, -0.05) is 11.6 Å². The second-order valence-electron chi connectivity index (χ2n) is 3.30. The van der Waals surface area contributed by atoms with Crippen LogP contribution in [0, 0.1) is 0 Å². The molecule has 0 amide bonds. The number of hydrogen-bond acceptors (Lipinski definition) is 5. The molecule has 6 heteroatoms. The van der Waals surface area contributed by atoms with E-state index in [2.05, 4.69) is 15.3 Å². The van der Waals surface area contributed by atoms with Gasteiger partial charge in [0.25, 0.3) is 0 Å². The fourth-order valence-electron chi connectivity index (χ4n) is 1.38. The maximum atomic E-state index is 10.8. The van der Waals surface area contributed by atoms with Crippen molar-refractivity contribution in [1.82, 2.24) is 9.97 Å². The molecule has 0 aliphatic rings. The van der Waals surface area contributed by atoms with Gasteiger partial charge in [-0.15, -0.1) is 0 Å². The van der Waals surface area contributed by atoms with Crippen LogP contribution >= 0.6 is 11.6 Å². The lowest BCUT2D eigenvalue weighted by Gasteiger charge is -2.06. The first-order valence-corrected chi connectivity index (χ1v) is 5.41. The van der Waals surface area contributed by atoms with Crippen molar-refractivity contribution in [3.8, 4) is 0 Å². The van der Waals surface area contributed by atoms with Crippen molar-refractivity contribution >= 4 is 23.7 Å². The summed E-state index contributed by atoms with van der Waals surface area (Å²) in [6, 6.07) is 3.71. The SMILES string of the molecule is O=Cc1c(Cl)ncnc1NCCc1ccco1. The van der Waals surface area contributed by atoms with Crippen LogP contribution in [-0.2, 0) is 6.42 Å². The summed E-state index contributed by atoms with van der Waals surface area (Å²) < 4.78 is 5.18. The Hall–Kier alpha value is -1.88. The molecular weight excluding hydrogens is 242 g/mol. The van der Waals surface area contributed by atoms with E-state index in [4.69, 9.17) is 16.0 Å². The number of nitrogens with zero attached hydrogens (tertiary/aromatic N) is 2. The molecule has 0 aliphatic carbocycles. The number of rotatable bonds is 5. The summed E-state index contributed by atoms with van der Waals surface area (Å²) in [7, 11) is 0. The maximum absolute atomic E-state index is 10.8. The molecule has 88 valence electrons. The summed E-state index contributed by atoms with van der Waals surface area (Å²) in [6.45, 7) is 0.599. The van der Waals surface area contributed by atoms with Gasteiger partial charge >= 0.3 is 0 Å². The predicted octanol–water partition coefficient (Wildman–Crippen LogP) is 2.19. The molecule has 0 fully saturated rings. The van der Waals surface area contributed by atoms with Gasteiger partial charge in [-0.05, 0) is 12.1 Å². The Balaban J connectivity index is 1.99. The van der Waals surface area contributed by atoms with E-state index in [1.54, 1.807) is 6.26 Å². The van der Waals surface area contributed by atoms with E-state index in [1.165, 1.54) is 6.33 Å². The Kier molecular flexibility index (Phi) is 3.72. The van der Waals surface area contributed by atoms with Crippen LogP contribution in [0.2, 0.25) is 5.15 Å². The summed E-state index contributed by atoms with van der Waals surface area (Å²) in [5.41, 5.74) is 0.272. The smallest absolute Gasteiger partial charge is 0.156 e. The number of carbonyl (C=O) groups excluding carboxylic acids is 1. The fourth-order valence-corrected chi connectivity index (χ4v) is 1.56. The number of furan rings is 1. The molecule has 0 unspecified atom stereocenters. The third-order valence-electron chi connectivity index (χ3n) is 2.20. The molecule has 0 bridgehead atoms. The zero-order valence-corrected chi connectivity index (χ0v) is 9.65. The molecule has 2 rings (SSSR count). The molecular formula is C11H10ClN3O2. The van der Waals surface area contributed by atoms with Gasteiger partial charge in [-0.25, -0.2) is 9.97 Å². The number of aromatic nitrogens is 2. The van der Waals surface area contributed by atoms with E-state index in [0.717, 1.165) is 5.76 Å². The lowest BCUT2D eigenvalue weighted by molar-refractivity contribution is 0.112. The van der Waals surface area contributed by atoms with Crippen molar-refractivity contribution in [2.24, 2.45) is 0 Å². The lowest BCUT2D eigenvalue weighted by Crippen LogP contribution is -2.09. The van der Waals surface area contributed by atoms with Gasteiger partial charge in [-0.3, -0.25) is 4.79 Å². The Bertz CT molecular complexity index is 499. The highest BCUT2D eigenvalue weighted by molar-refractivity contribution is 6.32. The van der Waals surface area contributed by atoms with Crippen LogP contribution in [0.1, 0.15) is 16.1 Å². The molecule has 0 saturated carbocycles. The quantitative estimate of drug-likeness (QED) is 0.652. The number of nitrogens with one attached hydrogen (secondary N) is 1. The van der Waals surface area contributed by atoms with Crippen LogP contribution in [0.3, 0.4) is 0 Å². The second kappa shape index (κ2) is 5.45. The molecule has 0 aliphatic heterocycles. The normalized spacial score (nSPS) is 10.2. The van der Waals surface area contributed by atoms with Crippen molar-refractivity contribution in [2.75, 3.05) is 11.9 Å². The van der Waals surface area contributed by atoms with Crippen LogP contribution in [0.15, 0.2) is 29.1 Å². The first-order valence-electron chi connectivity index (χ1n) is 5.03. The molecule has 2 aromatic rings. The van der Waals surface area contributed by atoms with Crippen molar-refractivity contribution in [3.05, 3.63) is 41.2 Å². The highest BCUT2D eigenvalue weighted by atomic mass is 35.5. The molecule has 0 radical (unpaired) electrons. The molecule has 2 heterocycles. The predicted molar refractivity (Wildman–Crippen MR) is 63.3 cm³/mol. The van der Waals surface area contributed by atoms with Crippen LogP contribution in [0.25, 0.3) is 0 Å². The van der Waals surface area contributed by atoms with Crippen LogP contribution in [0.4, 0.5) is 5.82 Å². The molecule has 1 N–H and O–H groups in total. The largest absolute Gasteiger partial charge is 0.469 e. The molecule has 5 nitrogen and oxygen atoms in total. The van der Waals surface area contributed by atoms with Crippen molar-refractivity contribution in [2.45, 2.75) is 6.42 Å². The lowest BCUT2D eigenvalue weighted by atomic mass is 10.3. The van der Waals surface area contributed by atoms with E-state index in [-0.39, 0.29) is 10.7 Å². The van der Waals surface area contributed by atoms with Crippen molar-refractivity contribution in [1.29, 1.82) is 0 Å². The standard InChI is InChI=1S/C11H10ClN3O2/c12-10-9(6-16)11(15-7-14-10)13-4-3-8-2-1-5-17-8/h1-2,5-7H,3-4H2,(H,13,14,15). The van der Waals surface area contributed by atoms with Gasteiger partial charge in [0.05, 0.1) is 11.8 Å². The Labute approximate surface area is 103 Å². The molecule has 2 aromatic heterocycles.